The van der Waals surface area contributed by atoms with E-state index in [2.05, 4.69) is 0 Å². The number of carbonyl (C=O) groups is 2. The van der Waals surface area contributed by atoms with Gasteiger partial charge < -0.3 is 9.47 Å². The van der Waals surface area contributed by atoms with Gasteiger partial charge in [0.15, 0.2) is 0 Å². The molecule has 0 aliphatic heterocycles. The summed E-state index contributed by atoms with van der Waals surface area (Å²) in [7, 11) is 0. The Balaban J connectivity index is 2.60. The average Bonchev–Trinajstić information content (AvgIpc) is 2.38. The molecule has 0 atom stereocenters. The SMILES string of the molecule is [2H]c1ccc(-c2ccc([2H])cc2OC(C)=O)c(OC(C)=O)c1. The van der Waals surface area contributed by atoms with Gasteiger partial charge in [0.25, 0.3) is 0 Å². The summed E-state index contributed by atoms with van der Waals surface area (Å²) in [5.41, 5.74) is 1.00. The number of benzene rings is 2. The summed E-state index contributed by atoms with van der Waals surface area (Å²) >= 11 is 0. The molecule has 2 aromatic rings. The number of para-hydroxylation sites is 2. The molecule has 0 bridgehead atoms. The minimum absolute atomic E-state index is 0.186. The standard InChI is InChI=1S/C16H14O4/c1-11(17)19-15-9-5-3-7-13(15)14-8-4-6-10-16(14)20-12(2)18/h3-10H,1-2H3/i5D,6D. The molecule has 0 heterocycles. The molecule has 4 heteroatoms. The maximum absolute atomic E-state index is 11.2. The minimum atomic E-state index is -0.516. The van der Waals surface area contributed by atoms with Crippen LogP contribution in [0.5, 0.6) is 11.5 Å². The van der Waals surface area contributed by atoms with Crippen molar-refractivity contribution in [1.29, 1.82) is 0 Å². The van der Waals surface area contributed by atoms with Crippen LogP contribution in [0.4, 0.5) is 0 Å². The van der Waals surface area contributed by atoms with E-state index in [4.69, 9.17) is 12.2 Å². The molecule has 0 aromatic heterocycles. The summed E-state index contributed by atoms with van der Waals surface area (Å²) in [6.45, 7) is 2.53. The Bertz CT molecular complexity index is 677. The molecule has 0 saturated heterocycles. The Morgan fingerprint density at radius 3 is 1.60 bits per heavy atom. The normalized spacial score (nSPS) is 11.3. The van der Waals surface area contributed by atoms with Crippen molar-refractivity contribution in [3.63, 3.8) is 0 Å². The lowest BCUT2D eigenvalue weighted by molar-refractivity contribution is -0.132. The molecule has 102 valence electrons. The maximum Gasteiger partial charge on any atom is 0.308 e. The summed E-state index contributed by atoms with van der Waals surface area (Å²) in [5, 5.41) is 0. The van der Waals surface area contributed by atoms with Crippen molar-refractivity contribution in [2.75, 3.05) is 0 Å². The first kappa shape index (κ1) is 11.2. The van der Waals surface area contributed by atoms with Gasteiger partial charge in [-0.3, -0.25) is 9.59 Å². The Labute approximate surface area is 119 Å². The summed E-state index contributed by atoms with van der Waals surface area (Å²) in [5.74, 6) is -0.631. The van der Waals surface area contributed by atoms with Gasteiger partial charge in [-0.25, -0.2) is 0 Å². The molecule has 4 nitrogen and oxygen atoms in total. The Morgan fingerprint density at radius 2 is 1.25 bits per heavy atom. The van der Waals surface area contributed by atoms with Gasteiger partial charge in [-0.05, 0) is 12.1 Å². The van der Waals surface area contributed by atoms with E-state index in [0.29, 0.717) is 11.1 Å². The van der Waals surface area contributed by atoms with Crippen LogP contribution < -0.4 is 9.47 Å². The van der Waals surface area contributed by atoms with Gasteiger partial charge in [0.1, 0.15) is 11.5 Å². The molecular formula is C16H14O4. The number of ether oxygens (including phenoxy) is 2. The third kappa shape index (κ3) is 3.23. The molecule has 0 aliphatic rings. The van der Waals surface area contributed by atoms with Crippen LogP contribution in [0.15, 0.2) is 48.5 Å². The molecule has 0 saturated carbocycles. The van der Waals surface area contributed by atoms with Gasteiger partial charge in [-0.1, -0.05) is 36.4 Å². The smallest absolute Gasteiger partial charge is 0.308 e. The molecule has 20 heavy (non-hydrogen) atoms. The molecule has 0 aliphatic carbocycles. The van der Waals surface area contributed by atoms with Crippen molar-refractivity contribution in [3.8, 4) is 22.6 Å². The molecule has 0 spiro atoms. The minimum Gasteiger partial charge on any atom is -0.426 e. The van der Waals surface area contributed by atoms with Crippen LogP contribution in [-0.2, 0) is 9.59 Å². The van der Waals surface area contributed by atoms with Crippen molar-refractivity contribution in [2.24, 2.45) is 0 Å². The average molecular weight is 272 g/mol. The van der Waals surface area contributed by atoms with Gasteiger partial charge >= 0.3 is 11.9 Å². The van der Waals surface area contributed by atoms with Gasteiger partial charge in [0.2, 0.25) is 0 Å². The van der Waals surface area contributed by atoms with Gasteiger partial charge in [0, 0.05) is 25.0 Å². The third-order valence-corrected chi connectivity index (χ3v) is 2.45. The lowest BCUT2D eigenvalue weighted by Crippen LogP contribution is -2.05. The van der Waals surface area contributed by atoms with E-state index in [-0.39, 0.29) is 23.6 Å². The van der Waals surface area contributed by atoms with Crippen molar-refractivity contribution >= 4 is 11.9 Å². The van der Waals surface area contributed by atoms with Crippen LogP contribution in [0, 0.1) is 0 Å². The Morgan fingerprint density at radius 1 is 0.850 bits per heavy atom. The van der Waals surface area contributed by atoms with Crippen molar-refractivity contribution in [1.82, 2.24) is 0 Å². The summed E-state index contributed by atoms with van der Waals surface area (Å²) < 4.78 is 25.5. The van der Waals surface area contributed by atoms with Gasteiger partial charge in [-0.15, -0.1) is 0 Å². The van der Waals surface area contributed by atoms with E-state index >= 15 is 0 Å². The lowest BCUT2D eigenvalue weighted by atomic mass is 10.0. The van der Waals surface area contributed by atoms with E-state index in [9.17, 15) is 9.59 Å². The summed E-state index contributed by atoms with van der Waals surface area (Å²) in [6, 6.07) is 9.46. The van der Waals surface area contributed by atoms with Crippen LogP contribution in [0.2, 0.25) is 0 Å². The molecule has 0 amide bonds. The highest BCUT2D eigenvalue weighted by molar-refractivity contribution is 5.81. The van der Waals surface area contributed by atoms with E-state index in [1.807, 2.05) is 0 Å². The number of esters is 2. The topological polar surface area (TPSA) is 52.6 Å². The monoisotopic (exact) mass is 272 g/mol. The first-order valence-corrected chi connectivity index (χ1v) is 5.95. The van der Waals surface area contributed by atoms with Crippen molar-refractivity contribution in [3.05, 3.63) is 48.5 Å². The number of hydrogen-bond donors (Lipinski definition) is 0. The van der Waals surface area contributed by atoms with E-state index in [1.54, 1.807) is 12.1 Å². The molecule has 0 unspecified atom stereocenters. The first-order chi connectivity index (χ1) is 10.4. The van der Waals surface area contributed by atoms with Crippen molar-refractivity contribution in [2.45, 2.75) is 13.8 Å². The second-order valence-electron chi connectivity index (χ2n) is 4.03. The fourth-order valence-electron chi connectivity index (χ4n) is 1.75. The van der Waals surface area contributed by atoms with Crippen LogP contribution in [-0.4, -0.2) is 11.9 Å². The predicted molar refractivity (Wildman–Crippen MR) is 74.5 cm³/mol. The van der Waals surface area contributed by atoms with E-state index < -0.39 is 11.9 Å². The second kappa shape index (κ2) is 6.02. The van der Waals surface area contributed by atoms with Gasteiger partial charge in [0.05, 0.1) is 2.74 Å². The first-order valence-electron chi connectivity index (χ1n) is 6.95. The zero-order valence-electron chi connectivity index (χ0n) is 13.1. The quantitative estimate of drug-likeness (QED) is 0.636. The maximum atomic E-state index is 11.2. The van der Waals surface area contributed by atoms with E-state index in [0.717, 1.165) is 0 Å². The molecule has 0 N–H and O–H groups in total. The fourth-order valence-corrected chi connectivity index (χ4v) is 1.75. The molecule has 2 rings (SSSR count). The van der Waals surface area contributed by atoms with Crippen LogP contribution in [0.1, 0.15) is 16.6 Å². The summed E-state index contributed by atoms with van der Waals surface area (Å²) in [4.78, 5) is 22.5. The van der Waals surface area contributed by atoms with E-state index in [1.165, 1.54) is 38.1 Å². The molecule has 0 fully saturated rings. The fraction of sp³-hybridized carbons (Fsp3) is 0.125. The second-order valence-corrected chi connectivity index (χ2v) is 4.03. The predicted octanol–water partition coefficient (Wildman–Crippen LogP) is 3.20. The van der Waals surface area contributed by atoms with Crippen LogP contribution in [0.25, 0.3) is 11.1 Å². The lowest BCUT2D eigenvalue weighted by Gasteiger charge is -2.12. The summed E-state index contributed by atoms with van der Waals surface area (Å²) in [6.07, 6.45) is 0. The highest BCUT2D eigenvalue weighted by Crippen LogP contribution is 2.36. The highest BCUT2D eigenvalue weighted by atomic mass is 16.5. The largest absolute Gasteiger partial charge is 0.426 e. The Hall–Kier alpha value is -2.62. The molecular weight excluding hydrogens is 256 g/mol. The Kier molecular flexibility index (Phi) is 3.38. The zero-order valence-corrected chi connectivity index (χ0v) is 11.1. The number of rotatable bonds is 3. The van der Waals surface area contributed by atoms with Crippen LogP contribution in [0.3, 0.4) is 0 Å². The van der Waals surface area contributed by atoms with Gasteiger partial charge in [-0.2, -0.15) is 0 Å². The third-order valence-electron chi connectivity index (χ3n) is 2.45. The highest BCUT2D eigenvalue weighted by Gasteiger charge is 2.13. The zero-order chi connectivity index (χ0) is 16.3. The van der Waals surface area contributed by atoms with Crippen molar-refractivity contribution < 1.29 is 21.8 Å². The van der Waals surface area contributed by atoms with Crippen LogP contribution >= 0.6 is 0 Å². The molecule has 2 aromatic carbocycles. The number of carbonyl (C=O) groups excluding carboxylic acids is 2. The molecule has 0 radical (unpaired) electrons. The number of hydrogen-bond acceptors (Lipinski definition) is 4.